The molecule has 0 unspecified atom stereocenters. The number of carbonyl (C=O) groups excluding carboxylic acids is 1. The summed E-state index contributed by atoms with van der Waals surface area (Å²) in [6, 6.07) is 10.1. The first-order valence-electron chi connectivity index (χ1n) is 8.27. The zero-order chi connectivity index (χ0) is 19.0. The second-order valence-corrected chi connectivity index (χ2v) is 6.06. The molecule has 0 saturated carbocycles. The maximum absolute atomic E-state index is 13.2. The molecule has 27 heavy (non-hydrogen) atoms. The topological polar surface area (TPSA) is 112 Å². The fourth-order valence-corrected chi connectivity index (χ4v) is 3.02. The monoisotopic (exact) mass is 361 g/mol. The van der Waals surface area contributed by atoms with Gasteiger partial charge < -0.3 is 5.73 Å². The van der Waals surface area contributed by atoms with E-state index in [4.69, 9.17) is 5.73 Å². The number of allylic oxidation sites excluding steroid dienone is 2. The minimum atomic E-state index is -0.599. The number of nitrogens with zero attached hydrogens (tertiary/aromatic N) is 4. The predicted molar refractivity (Wildman–Crippen MR) is 102 cm³/mol. The van der Waals surface area contributed by atoms with Crippen LogP contribution in [0.15, 0.2) is 68.9 Å². The fraction of sp³-hybridized carbons (Fsp3) is 0.105. The standard InChI is InChI=1S/C19H15N5O3/c20-15-5-1-2-6-16(15)24-17-14(4-3-8-22-17)18(26)23(19(24)27)11-12-10-13(25)7-9-21-12/h1-6,8-10H,7,11,20H2. The molecule has 0 spiro atoms. The van der Waals surface area contributed by atoms with Crippen LogP contribution >= 0.6 is 0 Å². The summed E-state index contributed by atoms with van der Waals surface area (Å²) < 4.78 is 2.35. The minimum Gasteiger partial charge on any atom is -0.397 e. The lowest BCUT2D eigenvalue weighted by Gasteiger charge is -2.15. The molecule has 0 amide bonds. The van der Waals surface area contributed by atoms with Crippen LogP contribution in [0.1, 0.15) is 6.42 Å². The van der Waals surface area contributed by atoms with Crippen molar-refractivity contribution in [1.29, 1.82) is 0 Å². The summed E-state index contributed by atoms with van der Waals surface area (Å²) in [6.45, 7) is -0.114. The number of para-hydroxylation sites is 2. The molecular weight excluding hydrogens is 346 g/mol. The molecule has 3 aromatic rings. The lowest BCUT2D eigenvalue weighted by molar-refractivity contribution is -0.113. The molecule has 3 heterocycles. The van der Waals surface area contributed by atoms with E-state index < -0.39 is 11.2 Å². The van der Waals surface area contributed by atoms with Crippen LogP contribution in [0.25, 0.3) is 16.7 Å². The number of nitrogen functional groups attached to an aromatic ring is 1. The average molecular weight is 361 g/mol. The first kappa shape index (κ1) is 16.6. The van der Waals surface area contributed by atoms with Crippen LogP contribution in [0, 0.1) is 0 Å². The Hall–Kier alpha value is -3.81. The van der Waals surface area contributed by atoms with E-state index in [2.05, 4.69) is 9.98 Å². The van der Waals surface area contributed by atoms with Gasteiger partial charge in [-0.1, -0.05) is 12.1 Å². The molecule has 134 valence electrons. The van der Waals surface area contributed by atoms with E-state index in [1.807, 2.05) is 0 Å². The molecule has 1 aliphatic heterocycles. The van der Waals surface area contributed by atoms with Crippen LogP contribution < -0.4 is 17.0 Å². The third kappa shape index (κ3) is 2.86. The van der Waals surface area contributed by atoms with E-state index in [0.29, 0.717) is 17.1 Å². The summed E-state index contributed by atoms with van der Waals surface area (Å²) in [5.74, 6) is -0.122. The third-order valence-corrected chi connectivity index (χ3v) is 4.27. The number of hydrogen-bond donors (Lipinski definition) is 1. The van der Waals surface area contributed by atoms with Gasteiger partial charge in [-0.15, -0.1) is 0 Å². The van der Waals surface area contributed by atoms with Gasteiger partial charge >= 0.3 is 5.69 Å². The molecule has 4 rings (SSSR count). The lowest BCUT2D eigenvalue weighted by Crippen LogP contribution is -2.40. The summed E-state index contributed by atoms with van der Waals surface area (Å²) in [7, 11) is 0. The maximum Gasteiger partial charge on any atom is 0.337 e. The molecule has 0 aliphatic carbocycles. The van der Waals surface area contributed by atoms with Crippen molar-refractivity contribution < 1.29 is 4.79 Å². The zero-order valence-electron chi connectivity index (χ0n) is 14.2. The highest BCUT2D eigenvalue weighted by atomic mass is 16.2. The van der Waals surface area contributed by atoms with Crippen LogP contribution in [-0.4, -0.2) is 26.1 Å². The zero-order valence-corrected chi connectivity index (χ0v) is 14.2. The number of fused-ring (bicyclic) bond motifs is 1. The van der Waals surface area contributed by atoms with Crippen molar-refractivity contribution in [2.24, 2.45) is 4.99 Å². The summed E-state index contributed by atoms with van der Waals surface area (Å²) in [5.41, 5.74) is 6.33. The summed E-state index contributed by atoms with van der Waals surface area (Å²) in [6.07, 6.45) is 4.54. The van der Waals surface area contributed by atoms with E-state index in [9.17, 15) is 14.4 Å². The minimum absolute atomic E-state index is 0.114. The largest absolute Gasteiger partial charge is 0.397 e. The van der Waals surface area contributed by atoms with E-state index in [1.165, 1.54) is 23.1 Å². The van der Waals surface area contributed by atoms with Gasteiger partial charge in [-0.3, -0.25) is 19.1 Å². The van der Waals surface area contributed by atoms with Crippen molar-refractivity contribution in [3.63, 3.8) is 0 Å². The number of nitrogens with two attached hydrogens (primary N) is 1. The first-order valence-corrected chi connectivity index (χ1v) is 8.27. The Morgan fingerprint density at radius 1 is 1.07 bits per heavy atom. The Kier molecular flexibility index (Phi) is 4.00. The molecule has 8 heteroatoms. The summed E-state index contributed by atoms with van der Waals surface area (Å²) in [4.78, 5) is 46.0. The van der Waals surface area contributed by atoms with E-state index in [0.717, 1.165) is 4.57 Å². The number of pyridine rings is 1. The van der Waals surface area contributed by atoms with Gasteiger partial charge in [0.05, 0.1) is 29.0 Å². The second kappa shape index (κ2) is 6.49. The van der Waals surface area contributed by atoms with Gasteiger partial charge in [-0.05, 0) is 24.3 Å². The van der Waals surface area contributed by atoms with Crippen LogP contribution in [-0.2, 0) is 11.3 Å². The Labute approximate surface area is 152 Å². The van der Waals surface area contributed by atoms with Crippen LogP contribution in [0.2, 0.25) is 0 Å². The number of anilines is 1. The molecular formula is C19H15N5O3. The molecule has 2 aromatic heterocycles. The normalized spacial score (nSPS) is 13.8. The number of hydrogen-bond acceptors (Lipinski definition) is 6. The smallest absolute Gasteiger partial charge is 0.337 e. The molecule has 0 radical (unpaired) electrons. The van der Waals surface area contributed by atoms with Gasteiger partial charge in [0, 0.05) is 24.9 Å². The molecule has 1 aliphatic rings. The Morgan fingerprint density at radius 3 is 2.67 bits per heavy atom. The average Bonchev–Trinajstić information content (AvgIpc) is 2.67. The molecule has 0 bridgehead atoms. The van der Waals surface area contributed by atoms with E-state index in [-0.39, 0.29) is 29.8 Å². The van der Waals surface area contributed by atoms with Crippen molar-refractivity contribution in [2.45, 2.75) is 13.0 Å². The fourth-order valence-electron chi connectivity index (χ4n) is 3.02. The maximum atomic E-state index is 13.2. The molecule has 0 fully saturated rings. The highest BCUT2D eigenvalue weighted by Gasteiger charge is 2.18. The van der Waals surface area contributed by atoms with Gasteiger partial charge in [0.15, 0.2) is 11.4 Å². The molecule has 0 saturated heterocycles. The van der Waals surface area contributed by atoms with Crippen LogP contribution in [0.5, 0.6) is 0 Å². The lowest BCUT2D eigenvalue weighted by atomic mass is 10.2. The van der Waals surface area contributed by atoms with Crippen LogP contribution in [0.4, 0.5) is 5.69 Å². The van der Waals surface area contributed by atoms with E-state index >= 15 is 0 Å². The van der Waals surface area contributed by atoms with Crippen molar-refractivity contribution in [3.8, 4) is 5.69 Å². The Balaban J connectivity index is 2.03. The molecule has 0 atom stereocenters. The quantitative estimate of drug-likeness (QED) is 0.701. The Bertz CT molecular complexity index is 1250. The van der Waals surface area contributed by atoms with Gasteiger partial charge in [0.2, 0.25) is 0 Å². The highest BCUT2D eigenvalue weighted by Crippen LogP contribution is 2.18. The molecule has 8 nitrogen and oxygen atoms in total. The third-order valence-electron chi connectivity index (χ3n) is 4.27. The number of benzene rings is 1. The number of aliphatic imine (C=N–C) groups is 1. The number of rotatable bonds is 3. The number of ketones is 1. The van der Waals surface area contributed by atoms with Crippen molar-refractivity contribution in [3.05, 3.63) is 75.2 Å². The summed E-state index contributed by atoms with van der Waals surface area (Å²) in [5, 5.41) is 0.270. The van der Waals surface area contributed by atoms with Gasteiger partial charge in [-0.2, -0.15) is 0 Å². The molecule has 1 aromatic carbocycles. The second-order valence-electron chi connectivity index (χ2n) is 6.06. The van der Waals surface area contributed by atoms with Gasteiger partial charge in [0.25, 0.3) is 5.56 Å². The highest BCUT2D eigenvalue weighted by molar-refractivity contribution is 6.01. The van der Waals surface area contributed by atoms with Crippen LogP contribution in [0.3, 0.4) is 0 Å². The van der Waals surface area contributed by atoms with Gasteiger partial charge in [-0.25, -0.2) is 14.3 Å². The van der Waals surface area contributed by atoms with Gasteiger partial charge in [0.1, 0.15) is 0 Å². The number of aromatic nitrogens is 3. The first-order chi connectivity index (χ1) is 13.1. The predicted octanol–water partition coefficient (Wildman–Crippen LogP) is 1.06. The summed E-state index contributed by atoms with van der Waals surface area (Å²) >= 11 is 0. The SMILES string of the molecule is Nc1ccccc1-n1c(=O)n(CC2=CC(=O)CC=N2)c(=O)c2cccnc21. The van der Waals surface area contributed by atoms with Crippen molar-refractivity contribution in [2.75, 3.05) is 5.73 Å². The van der Waals surface area contributed by atoms with Crippen molar-refractivity contribution >= 4 is 28.7 Å². The Morgan fingerprint density at radius 2 is 1.89 bits per heavy atom. The molecule has 2 N–H and O–H groups in total. The van der Waals surface area contributed by atoms with E-state index in [1.54, 1.807) is 36.4 Å². The van der Waals surface area contributed by atoms with Crippen molar-refractivity contribution in [1.82, 2.24) is 14.1 Å². The number of carbonyl (C=O) groups is 1.